The summed E-state index contributed by atoms with van der Waals surface area (Å²) in [7, 11) is 0. The predicted octanol–water partition coefficient (Wildman–Crippen LogP) is 0.823. The fourth-order valence-electron chi connectivity index (χ4n) is 3.79. The van der Waals surface area contributed by atoms with E-state index in [0.29, 0.717) is 32.5 Å². The van der Waals surface area contributed by atoms with Gasteiger partial charge >= 0.3 is 0 Å². The molecule has 1 amide bonds. The Balaban J connectivity index is 1.31. The summed E-state index contributed by atoms with van der Waals surface area (Å²) < 4.78 is 9.86. The fourth-order valence-corrected chi connectivity index (χ4v) is 3.79. The van der Waals surface area contributed by atoms with Crippen LogP contribution in [0.5, 0.6) is 0 Å². The number of fused-ring (bicyclic) bond motifs is 1. The molecule has 1 N–H and O–H groups in total. The van der Waals surface area contributed by atoms with Gasteiger partial charge in [-0.25, -0.2) is 0 Å². The summed E-state index contributed by atoms with van der Waals surface area (Å²) in [5.41, 5.74) is 2.23. The Labute approximate surface area is 159 Å². The number of hydrogen-bond acceptors (Lipinski definition) is 5. The topological polar surface area (TPSA) is 77.2 Å². The number of carbonyl (C=O) groups is 1. The first kappa shape index (κ1) is 18.2. The van der Waals surface area contributed by atoms with Gasteiger partial charge in [-0.2, -0.15) is 10.2 Å². The molecule has 0 bridgehead atoms. The van der Waals surface area contributed by atoms with Crippen molar-refractivity contribution < 1.29 is 9.53 Å². The number of rotatable bonds is 5. The zero-order chi connectivity index (χ0) is 18.5. The van der Waals surface area contributed by atoms with E-state index in [2.05, 4.69) is 26.3 Å². The zero-order valence-electron chi connectivity index (χ0n) is 15.7. The van der Waals surface area contributed by atoms with E-state index < -0.39 is 0 Å². The van der Waals surface area contributed by atoms with Crippen molar-refractivity contribution in [2.75, 3.05) is 26.2 Å². The van der Waals surface area contributed by atoms with Gasteiger partial charge in [0.2, 0.25) is 5.91 Å². The monoisotopic (exact) mass is 372 g/mol. The summed E-state index contributed by atoms with van der Waals surface area (Å²) in [6, 6.07) is 4.04. The van der Waals surface area contributed by atoms with Crippen molar-refractivity contribution in [3.8, 4) is 0 Å². The number of nitrogens with one attached hydrogen (secondary N) is 1. The van der Waals surface area contributed by atoms with Crippen LogP contribution in [0.25, 0.3) is 0 Å². The van der Waals surface area contributed by atoms with Gasteiger partial charge in [-0.15, -0.1) is 0 Å². The fraction of sp³-hybridized carbons (Fsp3) is 0.632. The minimum absolute atomic E-state index is 0.00825. The van der Waals surface area contributed by atoms with Crippen LogP contribution in [0.1, 0.15) is 30.7 Å². The van der Waals surface area contributed by atoms with Gasteiger partial charge in [0.05, 0.1) is 24.0 Å². The largest absolute Gasteiger partial charge is 0.374 e. The molecule has 8 heteroatoms. The number of aromatic nitrogens is 4. The third-order valence-corrected chi connectivity index (χ3v) is 5.19. The molecule has 8 nitrogen and oxygen atoms in total. The van der Waals surface area contributed by atoms with E-state index in [-0.39, 0.29) is 12.0 Å². The number of ether oxygens (including phenoxy) is 1. The summed E-state index contributed by atoms with van der Waals surface area (Å²) in [5, 5.41) is 12.3. The molecule has 1 saturated heterocycles. The molecule has 0 aliphatic carbocycles. The summed E-state index contributed by atoms with van der Waals surface area (Å²) in [5.74, 6) is 0.187. The van der Waals surface area contributed by atoms with Gasteiger partial charge in [0.25, 0.3) is 0 Å². The van der Waals surface area contributed by atoms with Crippen LogP contribution in [0.2, 0.25) is 0 Å². The first-order valence-corrected chi connectivity index (χ1v) is 9.91. The van der Waals surface area contributed by atoms with Crippen LogP contribution in [-0.4, -0.2) is 62.7 Å². The number of amides is 1. The van der Waals surface area contributed by atoms with Crippen LogP contribution in [0.3, 0.4) is 0 Å². The lowest BCUT2D eigenvalue weighted by Crippen LogP contribution is -2.38. The molecule has 0 radical (unpaired) electrons. The minimum atomic E-state index is -0.00825. The lowest BCUT2D eigenvalue weighted by molar-refractivity contribution is -0.132. The Kier molecular flexibility index (Phi) is 5.84. The van der Waals surface area contributed by atoms with E-state index in [1.165, 1.54) is 5.69 Å². The van der Waals surface area contributed by atoms with Crippen molar-refractivity contribution >= 4 is 5.91 Å². The highest BCUT2D eigenvalue weighted by Gasteiger charge is 2.23. The standard InChI is InChI=1S/C19H28N6O2/c26-19(5-4-16-12-17-13-20-6-1-10-25(17)22-16)23-8-3-11-27-18(14-23)15-24-9-2-7-21-24/h2,7,9,12,18,20H,1,3-6,8,10-11,13-15H2/t18-/m1/s1. The van der Waals surface area contributed by atoms with Gasteiger partial charge in [-0.05, 0) is 31.5 Å². The summed E-state index contributed by atoms with van der Waals surface area (Å²) in [4.78, 5) is 14.7. The summed E-state index contributed by atoms with van der Waals surface area (Å²) >= 11 is 0. The van der Waals surface area contributed by atoms with Gasteiger partial charge < -0.3 is 15.0 Å². The van der Waals surface area contributed by atoms with E-state index in [9.17, 15) is 4.79 Å². The molecule has 4 rings (SSSR count). The third kappa shape index (κ3) is 4.75. The maximum atomic E-state index is 12.8. The van der Waals surface area contributed by atoms with Gasteiger partial charge in [0.15, 0.2) is 0 Å². The van der Waals surface area contributed by atoms with E-state index in [1.54, 1.807) is 6.20 Å². The molecule has 0 unspecified atom stereocenters. The van der Waals surface area contributed by atoms with Crippen molar-refractivity contribution in [1.29, 1.82) is 0 Å². The van der Waals surface area contributed by atoms with Crippen molar-refractivity contribution in [1.82, 2.24) is 29.8 Å². The smallest absolute Gasteiger partial charge is 0.223 e. The van der Waals surface area contributed by atoms with Crippen molar-refractivity contribution in [2.24, 2.45) is 0 Å². The van der Waals surface area contributed by atoms with Crippen LogP contribution < -0.4 is 5.32 Å². The zero-order valence-corrected chi connectivity index (χ0v) is 15.7. The quantitative estimate of drug-likeness (QED) is 0.841. The molecule has 146 valence electrons. The third-order valence-electron chi connectivity index (χ3n) is 5.19. The van der Waals surface area contributed by atoms with Crippen LogP contribution in [0.4, 0.5) is 0 Å². The second-order valence-electron chi connectivity index (χ2n) is 7.29. The predicted molar refractivity (Wildman–Crippen MR) is 100 cm³/mol. The Hall–Kier alpha value is -2.19. The van der Waals surface area contributed by atoms with Crippen LogP contribution in [-0.2, 0) is 35.6 Å². The highest BCUT2D eigenvalue weighted by Crippen LogP contribution is 2.13. The Bertz CT molecular complexity index is 718. The molecule has 27 heavy (non-hydrogen) atoms. The van der Waals surface area contributed by atoms with Crippen LogP contribution in [0, 0.1) is 0 Å². The Morgan fingerprint density at radius 3 is 3.19 bits per heavy atom. The Morgan fingerprint density at radius 1 is 1.33 bits per heavy atom. The van der Waals surface area contributed by atoms with Gasteiger partial charge in [-0.1, -0.05) is 0 Å². The van der Waals surface area contributed by atoms with E-state index in [1.807, 2.05) is 21.8 Å². The Morgan fingerprint density at radius 2 is 2.30 bits per heavy atom. The first-order valence-electron chi connectivity index (χ1n) is 9.91. The minimum Gasteiger partial charge on any atom is -0.374 e. The molecule has 2 aliphatic heterocycles. The molecule has 0 aromatic carbocycles. The van der Waals surface area contributed by atoms with Crippen LogP contribution in [0.15, 0.2) is 24.5 Å². The molecular formula is C19H28N6O2. The van der Waals surface area contributed by atoms with Crippen molar-refractivity contribution in [3.63, 3.8) is 0 Å². The maximum absolute atomic E-state index is 12.8. The number of carbonyl (C=O) groups excluding carboxylic acids is 1. The SMILES string of the molecule is O=C(CCc1cc2n(n1)CCCNC2)N1CCCO[C@@H](Cn2cccn2)C1. The molecule has 2 aliphatic rings. The van der Waals surface area contributed by atoms with Gasteiger partial charge in [-0.3, -0.25) is 14.2 Å². The highest BCUT2D eigenvalue weighted by molar-refractivity contribution is 5.76. The maximum Gasteiger partial charge on any atom is 0.223 e. The lowest BCUT2D eigenvalue weighted by Gasteiger charge is -2.24. The van der Waals surface area contributed by atoms with Crippen molar-refractivity contribution in [3.05, 3.63) is 35.9 Å². The second-order valence-corrected chi connectivity index (χ2v) is 7.29. The summed E-state index contributed by atoms with van der Waals surface area (Å²) in [6.45, 7) is 5.61. The van der Waals surface area contributed by atoms with E-state index >= 15 is 0 Å². The molecular weight excluding hydrogens is 344 g/mol. The second kappa shape index (κ2) is 8.67. The molecule has 0 spiro atoms. The van der Waals surface area contributed by atoms with Gasteiger partial charge in [0.1, 0.15) is 0 Å². The van der Waals surface area contributed by atoms with Crippen molar-refractivity contribution in [2.45, 2.75) is 51.4 Å². The molecule has 0 saturated carbocycles. The molecule has 2 aromatic rings. The average Bonchev–Trinajstić information content (AvgIpc) is 3.18. The normalized spacial score (nSPS) is 20.7. The van der Waals surface area contributed by atoms with E-state index in [4.69, 9.17) is 4.74 Å². The summed E-state index contributed by atoms with van der Waals surface area (Å²) in [6.07, 6.45) is 6.86. The number of aryl methyl sites for hydroxylation is 2. The van der Waals surface area contributed by atoms with Crippen LogP contribution >= 0.6 is 0 Å². The molecule has 2 aromatic heterocycles. The van der Waals surface area contributed by atoms with E-state index in [0.717, 1.165) is 44.7 Å². The van der Waals surface area contributed by atoms with Gasteiger partial charge in [0, 0.05) is 58.0 Å². The highest BCUT2D eigenvalue weighted by atomic mass is 16.5. The first-order chi connectivity index (χ1) is 13.3. The molecule has 4 heterocycles. The molecule has 1 atom stereocenters. The molecule has 1 fully saturated rings. The average molecular weight is 372 g/mol. The number of nitrogens with zero attached hydrogens (tertiary/aromatic N) is 5. The lowest BCUT2D eigenvalue weighted by atomic mass is 10.2. The number of hydrogen-bond donors (Lipinski definition) is 1.